The summed E-state index contributed by atoms with van der Waals surface area (Å²) in [6.07, 6.45) is 12.7. The summed E-state index contributed by atoms with van der Waals surface area (Å²) in [6, 6.07) is 24.5. The highest BCUT2D eigenvalue weighted by molar-refractivity contribution is 5.76. The fraction of sp³-hybridized carbons (Fsp3) is 0.0741. The Morgan fingerprint density at radius 2 is 1.69 bits per heavy atom. The first-order valence-corrected chi connectivity index (χ1v) is 10.5. The lowest BCUT2D eigenvalue weighted by Crippen LogP contribution is -2.31. The van der Waals surface area contributed by atoms with Gasteiger partial charge in [0.05, 0.1) is 5.69 Å². The van der Waals surface area contributed by atoms with Crippen molar-refractivity contribution < 1.29 is 4.79 Å². The zero-order valence-electron chi connectivity index (χ0n) is 17.4. The van der Waals surface area contributed by atoms with Crippen LogP contribution in [0.1, 0.15) is 22.4 Å². The number of rotatable bonds is 6. The van der Waals surface area contributed by atoms with Crippen LogP contribution in [0.4, 0.5) is 11.5 Å². The van der Waals surface area contributed by atoms with Gasteiger partial charge in [-0.3, -0.25) is 9.78 Å². The molecule has 156 valence electrons. The van der Waals surface area contributed by atoms with Gasteiger partial charge in [-0.15, -0.1) is 5.10 Å². The topological polar surface area (TPSA) is 59.8 Å². The highest BCUT2D eigenvalue weighted by atomic mass is 16.1. The summed E-state index contributed by atoms with van der Waals surface area (Å²) in [6.45, 7) is 0. The van der Waals surface area contributed by atoms with E-state index >= 15 is 0 Å². The van der Waals surface area contributed by atoms with Gasteiger partial charge < -0.3 is 5.32 Å². The van der Waals surface area contributed by atoms with Gasteiger partial charge in [0.1, 0.15) is 6.29 Å². The predicted octanol–water partition coefficient (Wildman–Crippen LogP) is 5.25. The van der Waals surface area contributed by atoms with Crippen molar-refractivity contribution in [3.05, 3.63) is 120 Å². The Labute approximate surface area is 186 Å². The summed E-state index contributed by atoms with van der Waals surface area (Å²) in [5, 5.41) is 8.19. The van der Waals surface area contributed by atoms with Gasteiger partial charge in [0.15, 0.2) is 5.82 Å². The van der Waals surface area contributed by atoms with Gasteiger partial charge in [0.2, 0.25) is 0 Å². The lowest BCUT2D eigenvalue weighted by molar-refractivity contribution is -0.104. The third-order valence-corrected chi connectivity index (χ3v) is 5.84. The highest BCUT2D eigenvalue weighted by Crippen LogP contribution is 2.43. The van der Waals surface area contributed by atoms with Crippen LogP contribution in [0.25, 0.3) is 12.3 Å². The lowest BCUT2D eigenvalue weighted by Gasteiger charge is -2.34. The summed E-state index contributed by atoms with van der Waals surface area (Å²) in [5.74, 6) is 0.755. The molecule has 1 aliphatic rings. The molecule has 1 N–H and O–H groups in total. The van der Waals surface area contributed by atoms with Crippen LogP contribution in [0, 0.1) is 0 Å². The smallest absolute Gasteiger partial charge is 0.160 e. The average molecular weight is 419 g/mol. The molecular formula is C27H22N4O. The number of anilines is 2. The molecule has 4 aromatic rings. The number of aromatic nitrogens is 3. The van der Waals surface area contributed by atoms with Gasteiger partial charge in [0, 0.05) is 41.7 Å². The van der Waals surface area contributed by atoms with E-state index in [1.54, 1.807) is 17.1 Å². The molecular weight excluding hydrogens is 396 g/mol. The summed E-state index contributed by atoms with van der Waals surface area (Å²) < 4.78 is 1.80. The van der Waals surface area contributed by atoms with Crippen LogP contribution in [0.5, 0.6) is 0 Å². The van der Waals surface area contributed by atoms with E-state index in [2.05, 4.69) is 52.8 Å². The first-order chi connectivity index (χ1) is 15.8. The van der Waals surface area contributed by atoms with Crippen LogP contribution in [-0.4, -0.2) is 21.1 Å². The minimum atomic E-state index is -0.390. The van der Waals surface area contributed by atoms with E-state index in [0.717, 1.165) is 34.6 Å². The summed E-state index contributed by atoms with van der Waals surface area (Å²) in [7, 11) is 0. The normalized spacial score (nSPS) is 17.2. The van der Waals surface area contributed by atoms with Crippen LogP contribution in [0.3, 0.4) is 0 Å². The third-order valence-electron chi connectivity index (χ3n) is 5.84. The first-order valence-electron chi connectivity index (χ1n) is 10.5. The number of nitrogens with zero attached hydrogens (tertiary/aromatic N) is 3. The number of benzene rings is 2. The second kappa shape index (κ2) is 8.47. The molecule has 1 aliphatic carbocycles. The molecule has 5 rings (SSSR count). The lowest BCUT2D eigenvalue weighted by atomic mass is 9.69. The van der Waals surface area contributed by atoms with Crippen molar-refractivity contribution in [2.45, 2.75) is 11.8 Å². The van der Waals surface area contributed by atoms with Crippen molar-refractivity contribution in [1.29, 1.82) is 0 Å². The summed E-state index contributed by atoms with van der Waals surface area (Å²) in [5.41, 5.74) is 4.90. The zero-order chi connectivity index (χ0) is 21.8. The Hall–Kier alpha value is -4.25. The van der Waals surface area contributed by atoms with Gasteiger partial charge in [-0.05, 0) is 35.4 Å². The number of fused-ring (bicyclic) bond motifs is 1. The molecule has 0 fully saturated rings. The van der Waals surface area contributed by atoms with Crippen LogP contribution in [0.2, 0.25) is 0 Å². The van der Waals surface area contributed by atoms with Crippen molar-refractivity contribution in [1.82, 2.24) is 14.8 Å². The van der Waals surface area contributed by atoms with Crippen molar-refractivity contribution >= 4 is 30.1 Å². The van der Waals surface area contributed by atoms with Crippen LogP contribution in [-0.2, 0) is 16.6 Å². The number of pyridine rings is 1. The summed E-state index contributed by atoms with van der Waals surface area (Å²) in [4.78, 5) is 15.4. The second-order valence-corrected chi connectivity index (χ2v) is 7.71. The molecule has 5 nitrogen and oxygen atoms in total. The number of nitrogens with one attached hydrogen (secondary N) is 1. The summed E-state index contributed by atoms with van der Waals surface area (Å²) >= 11 is 0. The molecule has 0 spiro atoms. The van der Waals surface area contributed by atoms with E-state index in [1.807, 2.05) is 48.7 Å². The molecule has 0 aliphatic heterocycles. The van der Waals surface area contributed by atoms with Crippen molar-refractivity contribution in [2.75, 3.05) is 5.32 Å². The molecule has 5 heteroatoms. The van der Waals surface area contributed by atoms with E-state index in [-0.39, 0.29) is 5.41 Å². The molecule has 1 atom stereocenters. The van der Waals surface area contributed by atoms with E-state index in [1.165, 1.54) is 11.6 Å². The Kier molecular flexibility index (Phi) is 5.22. The Morgan fingerprint density at radius 1 is 0.938 bits per heavy atom. The standard InChI is InChI=1S/C27H22N4O/c32-18-8-17-31-25-19-27(21-9-3-1-4-10-21,22-11-7-16-28-20-22)15-14-24(25)26(30-31)29-23-12-5-2-6-13-23/h1-18,20H,19H2,(H,29,30). The number of carbonyl (C=O) groups excluding carboxylic acids is 1. The average Bonchev–Trinajstić information content (AvgIpc) is 3.20. The van der Waals surface area contributed by atoms with Gasteiger partial charge in [-0.25, -0.2) is 4.68 Å². The van der Waals surface area contributed by atoms with E-state index < -0.39 is 0 Å². The molecule has 0 radical (unpaired) electrons. The maximum Gasteiger partial charge on any atom is 0.160 e. The largest absolute Gasteiger partial charge is 0.338 e. The number of allylic oxidation sites excluding steroid dienone is 2. The monoisotopic (exact) mass is 418 g/mol. The van der Waals surface area contributed by atoms with E-state index in [4.69, 9.17) is 5.10 Å². The van der Waals surface area contributed by atoms with Gasteiger partial charge in [-0.1, -0.05) is 66.7 Å². The van der Waals surface area contributed by atoms with Crippen molar-refractivity contribution in [2.24, 2.45) is 0 Å². The van der Waals surface area contributed by atoms with E-state index in [0.29, 0.717) is 6.42 Å². The molecule has 0 saturated heterocycles. The first kappa shape index (κ1) is 19.7. The van der Waals surface area contributed by atoms with Gasteiger partial charge in [-0.2, -0.15) is 0 Å². The third kappa shape index (κ3) is 3.54. The molecule has 0 amide bonds. The molecule has 2 heterocycles. The maximum absolute atomic E-state index is 11.0. The maximum atomic E-state index is 11.0. The van der Waals surface area contributed by atoms with Gasteiger partial charge >= 0.3 is 0 Å². The molecule has 32 heavy (non-hydrogen) atoms. The number of aldehydes is 1. The minimum Gasteiger partial charge on any atom is -0.338 e. The van der Waals surface area contributed by atoms with Crippen molar-refractivity contribution in [3.63, 3.8) is 0 Å². The predicted molar refractivity (Wildman–Crippen MR) is 128 cm³/mol. The minimum absolute atomic E-state index is 0.390. The Bertz CT molecular complexity index is 1240. The SMILES string of the molecule is O=CC=Cn1nc(Nc2ccccc2)c2c1CC(c1ccccc1)(c1cccnc1)C=C2. The fourth-order valence-corrected chi connectivity index (χ4v) is 4.30. The number of para-hydroxylation sites is 1. The molecule has 0 bridgehead atoms. The highest BCUT2D eigenvalue weighted by Gasteiger charge is 2.37. The molecule has 2 aromatic heterocycles. The van der Waals surface area contributed by atoms with Gasteiger partial charge in [0.25, 0.3) is 0 Å². The number of carbonyl (C=O) groups is 1. The second-order valence-electron chi connectivity index (χ2n) is 7.71. The Morgan fingerprint density at radius 3 is 2.41 bits per heavy atom. The van der Waals surface area contributed by atoms with Crippen LogP contribution in [0.15, 0.2) is 97.3 Å². The van der Waals surface area contributed by atoms with E-state index in [9.17, 15) is 4.79 Å². The molecule has 1 unspecified atom stereocenters. The van der Waals surface area contributed by atoms with Crippen LogP contribution >= 0.6 is 0 Å². The Balaban J connectivity index is 1.66. The quantitative estimate of drug-likeness (QED) is 0.343. The fourth-order valence-electron chi connectivity index (χ4n) is 4.30. The molecule has 2 aromatic carbocycles. The number of hydrogen-bond donors (Lipinski definition) is 1. The zero-order valence-corrected chi connectivity index (χ0v) is 17.4. The van der Waals surface area contributed by atoms with Crippen molar-refractivity contribution in [3.8, 4) is 0 Å². The molecule has 0 saturated carbocycles. The number of hydrogen-bond acceptors (Lipinski definition) is 4. The van der Waals surface area contributed by atoms with Crippen LogP contribution < -0.4 is 5.32 Å².